The Hall–Kier alpha value is -2.89. The van der Waals surface area contributed by atoms with Crippen LogP contribution in [0.25, 0.3) is 0 Å². The number of pyridine rings is 1. The number of ether oxygens (including phenoxy) is 1. The van der Waals surface area contributed by atoms with Crippen LogP contribution in [-0.4, -0.2) is 30.5 Å². The van der Waals surface area contributed by atoms with Crippen LogP contribution in [0.4, 0.5) is 5.69 Å². The first-order valence-electron chi connectivity index (χ1n) is 8.26. The molecule has 6 heteroatoms. The van der Waals surface area contributed by atoms with Gasteiger partial charge in [0.05, 0.1) is 18.9 Å². The summed E-state index contributed by atoms with van der Waals surface area (Å²) in [6.07, 6.45) is 3.07. The molecule has 1 fully saturated rings. The van der Waals surface area contributed by atoms with Gasteiger partial charge in [0.1, 0.15) is 5.75 Å². The van der Waals surface area contributed by atoms with Gasteiger partial charge in [-0.1, -0.05) is 12.1 Å². The van der Waals surface area contributed by atoms with Gasteiger partial charge in [0.25, 0.3) is 5.91 Å². The van der Waals surface area contributed by atoms with Crippen LogP contribution in [0.15, 0.2) is 36.5 Å². The van der Waals surface area contributed by atoms with Crippen molar-refractivity contribution < 1.29 is 14.3 Å². The lowest BCUT2D eigenvalue weighted by atomic mass is 10.1. The number of carbonyl (C=O) groups excluding carboxylic acids is 2. The van der Waals surface area contributed by atoms with E-state index in [2.05, 4.69) is 10.3 Å². The molecule has 130 valence electrons. The molecule has 0 atom stereocenters. The van der Waals surface area contributed by atoms with Crippen molar-refractivity contribution >= 4 is 17.5 Å². The number of benzene rings is 1. The van der Waals surface area contributed by atoms with Crippen LogP contribution in [0, 0.1) is 6.92 Å². The number of anilines is 1. The lowest BCUT2D eigenvalue weighted by Crippen LogP contribution is -2.24. The van der Waals surface area contributed by atoms with Gasteiger partial charge in [-0.25, -0.2) is 0 Å². The largest absolute Gasteiger partial charge is 0.494 e. The third-order valence-corrected chi connectivity index (χ3v) is 4.24. The van der Waals surface area contributed by atoms with E-state index in [1.165, 1.54) is 7.11 Å². The van der Waals surface area contributed by atoms with Gasteiger partial charge in [0.2, 0.25) is 5.91 Å². The van der Waals surface area contributed by atoms with Crippen molar-refractivity contribution in [2.45, 2.75) is 26.3 Å². The molecule has 25 heavy (non-hydrogen) atoms. The summed E-state index contributed by atoms with van der Waals surface area (Å²) in [5.74, 6) is 0.411. The second kappa shape index (κ2) is 7.34. The Balaban J connectivity index is 1.64. The highest BCUT2D eigenvalue weighted by Crippen LogP contribution is 2.22. The fourth-order valence-corrected chi connectivity index (χ4v) is 2.88. The normalized spacial score (nSPS) is 13.8. The molecule has 0 bridgehead atoms. The van der Waals surface area contributed by atoms with Crippen LogP contribution in [-0.2, 0) is 11.3 Å². The number of nitrogens with one attached hydrogen (secondary N) is 1. The first-order valence-corrected chi connectivity index (χ1v) is 8.26. The Morgan fingerprint density at radius 3 is 2.72 bits per heavy atom. The van der Waals surface area contributed by atoms with Crippen LogP contribution in [0.5, 0.6) is 5.75 Å². The fourth-order valence-electron chi connectivity index (χ4n) is 2.88. The molecule has 1 aliphatic rings. The Labute approximate surface area is 146 Å². The Morgan fingerprint density at radius 1 is 1.32 bits per heavy atom. The molecule has 1 aliphatic heterocycles. The number of carbonyl (C=O) groups is 2. The second-order valence-electron chi connectivity index (χ2n) is 6.02. The Morgan fingerprint density at radius 2 is 2.08 bits per heavy atom. The maximum Gasteiger partial charge on any atom is 0.255 e. The molecule has 1 aromatic heterocycles. The van der Waals surface area contributed by atoms with Gasteiger partial charge in [0, 0.05) is 30.9 Å². The first-order chi connectivity index (χ1) is 12.1. The van der Waals surface area contributed by atoms with Gasteiger partial charge in [-0.15, -0.1) is 0 Å². The maximum absolute atomic E-state index is 12.4. The van der Waals surface area contributed by atoms with Crippen molar-refractivity contribution in [1.29, 1.82) is 0 Å². The monoisotopic (exact) mass is 339 g/mol. The number of rotatable bonds is 5. The highest BCUT2D eigenvalue weighted by Gasteiger charge is 2.21. The Kier molecular flexibility index (Phi) is 4.97. The smallest absolute Gasteiger partial charge is 0.255 e. The minimum atomic E-state index is -0.207. The zero-order chi connectivity index (χ0) is 17.8. The van der Waals surface area contributed by atoms with Gasteiger partial charge < -0.3 is 15.0 Å². The number of methoxy groups -OCH3 is 1. The van der Waals surface area contributed by atoms with Crippen LogP contribution in [0.1, 0.15) is 34.5 Å². The molecule has 0 aliphatic carbocycles. The van der Waals surface area contributed by atoms with Crippen molar-refractivity contribution in [3.05, 3.63) is 53.3 Å². The summed E-state index contributed by atoms with van der Waals surface area (Å²) in [5, 5.41) is 2.89. The highest BCUT2D eigenvalue weighted by molar-refractivity contribution is 5.97. The van der Waals surface area contributed by atoms with E-state index in [0.29, 0.717) is 24.3 Å². The predicted molar refractivity (Wildman–Crippen MR) is 94.7 cm³/mol. The third kappa shape index (κ3) is 3.79. The van der Waals surface area contributed by atoms with Crippen LogP contribution >= 0.6 is 0 Å². The minimum absolute atomic E-state index is 0.168. The topological polar surface area (TPSA) is 71.5 Å². The average molecular weight is 339 g/mol. The quantitative estimate of drug-likeness (QED) is 0.908. The van der Waals surface area contributed by atoms with Crippen molar-refractivity contribution in [3.8, 4) is 5.75 Å². The van der Waals surface area contributed by atoms with E-state index in [0.717, 1.165) is 29.9 Å². The van der Waals surface area contributed by atoms with Crippen LogP contribution in [0.2, 0.25) is 0 Å². The molecule has 6 nitrogen and oxygen atoms in total. The lowest BCUT2D eigenvalue weighted by molar-refractivity contribution is -0.117. The highest BCUT2D eigenvalue weighted by atomic mass is 16.5. The van der Waals surface area contributed by atoms with Crippen molar-refractivity contribution in [3.63, 3.8) is 0 Å². The van der Waals surface area contributed by atoms with E-state index in [1.54, 1.807) is 17.2 Å². The molecule has 1 saturated heterocycles. The summed E-state index contributed by atoms with van der Waals surface area (Å²) >= 11 is 0. The van der Waals surface area contributed by atoms with Gasteiger partial charge in [-0.2, -0.15) is 0 Å². The fraction of sp³-hybridized carbons (Fsp3) is 0.316. The van der Waals surface area contributed by atoms with E-state index >= 15 is 0 Å². The molecule has 0 radical (unpaired) electrons. The summed E-state index contributed by atoms with van der Waals surface area (Å²) in [7, 11) is 1.52. The molecule has 1 aromatic carbocycles. The minimum Gasteiger partial charge on any atom is -0.494 e. The van der Waals surface area contributed by atoms with Crippen LogP contribution in [0.3, 0.4) is 0 Å². The number of amides is 2. The molecule has 0 unspecified atom stereocenters. The molecule has 2 amide bonds. The van der Waals surface area contributed by atoms with Gasteiger partial charge >= 0.3 is 0 Å². The van der Waals surface area contributed by atoms with Crippen molar-refractivity contribution in [1.82, 2.24) is 10.3 Å². The molecule has 2 heterocycles. The molecule has 1 N–H and O–H groups in total. The summed E-state index contributed by atoms with van der Waals surface area (Å²) < 4.78 is 5.20. The molecule has 3 rings (SSSR count). The van der Waals surface area contributed by atoms with Gasteiger partial charge in [-0.05, 0) is 37.1 Å². The van der Waals surface area contributed by atoms with E-state index in [-0.39, 0.29) is 11.8 Å². The lowest BCUT2D eigenvalue weighted by Gasteiger charge is -2.16. The number of aromatic nitrogens is 1. The van der Waals surface area contributed by atoms with Gasteiger partial charge in [-0.3, -0.25) is 14.6 Å². The van der Waals surface area contributed by atoms with Crippen LogP contribution < -0.4 is 15.0 Å². The number of hydrogen-bond acceptors (Lipinski definition) is 4. The molecular weight excluding hydrogens is 318 g/mol. The predicted octanol–water partition coefficient (Wildman–Crippen LogP) is 2.46. The van der Waals surface area contributed by atoms with E-state index in [9.17, 15) is 9.59 Å². The Bertz CT molecular complexity index is 787. The van der Waals surface area contributed by atoms with E-state index in [1.807, 2.05) is 31.2 Å². The molecule has 0 saturated carbocycles. The number of nitrogens with zero attached hydrogens (tertiary/aromatic N) is 2. The summed E-state index contributed by atoms with van der Waals surface area (Å²) in [5.41, 5.74) is 3.09. The molecule has 0 spiro atoms. The van der Waals surface area contributed by atoms with Gasteiger partial charge in [0.15, 0.2) is 0 Å². The van der Waals surface area contributed by atoms with E-state index < -0.39 is 0 Å². The summed E-state index contributed by atoms with van der Waals surface area (Å²) in [4.78, 5) is 30.1. The van der Waals surface area contributed by atoms with Crippen molar-refractivity contribution in [2.75, 3.05) is 18.6 Å². The number of aryl methyl sites for hydroxylation is 1. The molecular formula is C19H21N3O3. The van der Waals surface area contributed by atoms with Crippen molar-refractivity contribution in [2.24, 2.45) is 0 Å². The average Bonchev–Trinajstić information content (AvgIpc) is 3.06. The first kappa shape index (κ1) is 17.0. The second-order valence-corrected chi connectivity index (χ2v) is 6.02. The standard InChI is InChI=1S/C19H21N3O3/c1-13-10-16(17(25-2)12-20-13)19(24)21-11-14-5-7-15(8-6-14)22-9-3-4-18(22)23/h5-8,10,12H,3-4,9,11H2,1-2H3,(H,21,24). The third-order valence-electron chi connectivity index (χ3n) is 4.24. The summed E-state index contributed by atoms with van der Waals surface area (Å²) in [6, 6.07) is 9.40. The maximum atomic E-state index is 12.4. The summed E-state index contributed by atoms with van der Waals surface area (Å²) in [6.45, 7) is 3.00. The SMILES string of the molecule is COc1cnc(C)cc1C(=O)NCc1ccc(N2CCCC2=O)cc1. The zero-order valence-electron chi connectivity index (χ0n) is 14.4. The zero-order valence-corrected chi connectivity index (χ0v) is 14.4. The van der Waals surface area contributed by atoms with E-state index in [4.69, 9.17) is 4.74 Å². The number of hydrogen-bond donors (Lipinski definition) is 1. The molecule has 2 aromatic rings.